The summed E-state index contributed by atoms with van der Waals surface area (Å²) in [4.78, 5) is 12.1. The summed E-state index contributed by atoms with van der Waals surface area (Å²) in [5.41, 5.74) is 0.377. The van der Waals surface area contributed by atoms with E-state index in [1.54, 1.807) is 18.2 Å². The third-order valence-electron chi connectivity index (χ3n) is 4.18. The number of hydrogen-bond donors (Lipinski definition) is 0. The zero-order chi connectivity index (χ0) is 20.7. The van der Waals surface area contributed by atoms with Gasteiger partial charge in [-0.3, -0.25) is 0 Å². The fourth-order valence-electron chi connectivity index (χ4n) is 2.83. The number of aryl methyl sites for hydroxylation is 1. The molecule has 0 aromatic heterocycles. The highest BCUT2D eigenvalue weighted by Crippen LogP contribution is 2.21. The van der Waals surface area contributed by atoms with Crippen LogP contribution in [0.1, 0.15) is 42.1 Å². The minimum atomic E-state index is -1.58. The van der Waals surface area contributed by atoms with E-state index in [4.69, 9.17) is 4.74 Å². The maximum Gasteiger partial charge on any atom is 0.338 e. The van der Waals surface area contributed by atoms with Gasteiger partial charge >= 0.3 is 5.97 Å². The van der Waals surface area contributed by atoms with E-state index in [0.29, 0.717) is 0 Å². The molecule has 0 saturated carbocycles. The first-order valence-electron chi connectivity index (χ1n) is 8.93. The normalized spacial score (nSPS) is 14.4. The molecule has 3 atom stereocenters. The minimum Gasteiger partial charge on any atom is -0.459 e. The molecule has 0 fully saturated rings. The molecule has 0 aliphatic rings. The van der Waals surface area contributed by atoms with Crippen LogP contribution >= 0.6 is 0 Å². The van der Waals surface area contributed by atoms with Crippen molar-refractivity contribution in [2.24, 2.45) is 0 Å². The largest absolute Gasteiger partial charge is 0.459 e. The van der Waals surface area contributed by atoms with Crippen LogP contribution in [0.5, 0.6) is 0 Å². The molecule has 0 aliphatic heterocycles. The summed E-state index contributed by atoms with van der Waals surface area (Å²) in [6.07, 6.45) is -4.38. The van der Waals surface area contributed by atoms with Crippen LogP contribution in [0.25, 0.3) is 0 Å². The molecule has 0 spiro atoms. The van der Waals surface area contributed by atoms with Crippen molar-refractivity contribution in [3.8, 4) is 0 Å². The number of ether oxygens (including phenoxy) is 1. The monoisotopic (exact) mass is 400 g/mol. The van der Waals surface area contributed by atoms with Crippen molar-refractivity contribution < 1.29 is 31.5 Å². The van der Waals surface area contributed by atoms with Gasteiger partial charge in [0, 0.05) is 12.8 Å². The van der Waals surface area contributed by atoms with Gasteiger partial charge in [-0.1, -0.05) is 18.2 Å². The van der Waals surface area contributed by atoms with Gasteiger partial charge < -0.3 is 4.74 Å². The SMILES string of the molecule is CC(F)CC(CC(F)CCc1cc(F)c(F)c(F)c1)OC(=O)c1ccccc1. The Bertz CT molecular complexity index is 757. The first-order valence-corrected chi connectivity index (χ1v) is 8.93. The van der Waals surface area contributed by atoms with Crippen LogP contribution in [0, 0.1) is 17.5 Å². The Morgan fingerprint density at radius 3 is 2.18 bits per heavy atom. The maximum absolute atomic E-state index is 14.3. The van der Waals surface area contributed by atoms with E-state index in [2.05, 4.69) is 0 Å². The standard InChI is InChI=1S/C21H21F5O2/c1-13(22)9-17(28-21(27)15-5-3-2-4-6-15)12-16(23)8-7-14-10-18(24)20(26)19(25)11-14/h2-6,10-11,13,16-17H,7-9,12H2,1H3. The summed E-state index contributed by atoms with van der Waals surface area (Å²) in [6, 6.07) is 9.68. The predicted molar refractivity (Wildman–Crippen MR) is 95.0 cm³/mol. The molecule has 2 aromatic carbocycles. The fourth-order valence-corrected chi connectivity index (χ4v) is 2.83. The highest BCUT2D eigenvalue weighted by Gasteiger charge is 2.23. The average molecular weight is 400 g/mol. The molecule has 0 saturated heterocycles. The van der Waals surface area contributed by atoms with Crippen molar-refractivity contribution in [3.05, 3.63) is 71.0 Å². The first-order chi connectivity index (χ1) is 13.3. The van der Waals surface area contributed by atoms with Crippen molar-refractivity contribution in [2.45, 2.75) is 51.1 Å². The summed E-state index contributed by atoms with van der Waals surface area (Å²) in [5, 5.41) is 0. The zero-order valence-electron chi connectivity index (χ0n) is 15.3. The molecule has 0 heterocycles. The van der Waals surface area contributed by atoms with Crippen molar-refractivity contribution in [1.29, 1.82) is 0 Å². The van der Waals surface area contributed by atoms with Crippen LogP contribution in [0.15, 0.2) is 42.5 Å². The van der Waals surface area contributed by atoms with Gasteiger partial charge in [-0.15, -0.1) is 0 Å². The van der Waals surface area contributed by atoms with E-state index >= 15 is 0 Å². The molecule has 2 nitrogen and oxygen atoms in total. The van der Waals surface area contributed by atoms with Crippen LogP contribution in [0.3, 0.4) is 0 Å². The Labute approximate surface area is 160 Å². The number of alkyl halides is 2. The van der Waals surface area contributed by atoms with E-state index in [9.17, 15) is 26.7 Å². The lowest BCUT2D eigenvalue weighted by Gasteiger charge is -2.20. The molecule has 7 heteroatoms. The molecule has 3 unspecified atom stereocenters. The lowest BCUT2D eigenvalue weighted by Crippen LogP contribution is -2.25. The van der Waals surface area contributed by atoms with Gasteiger partial charge in [-0.05, 0) is 49.6 Å². The van der Waals surface area contributed by atoms with E-state index in [1.807, 2.05) is 0 Å². The van der Waals surface area contributed by atoms with Gasteiger partial charge in [-0.2, -0.15) is 0 Å². The van der Waals surface area contributed by atoms with Crippen molar-refractivity contribution in [3.63, 3.8) is 0 Å². The second kappa shape index (κ2) is 10.2. The van der Waals surface area contributed by atoms with Crippen LogP contribution in [-0.4, -0.2) is 24.4 Å². The highest BCUT2D eigenvalue weighted by molar-refractivity contribution is 5.89. The second-order valence-electron chi connectivity index (χ2n) is 6.65. The number of hydrogen-bond acceptors (Lipinski definition) is 2. The summed E-state index contributed by atoms with van der Waals surface area (Å²) in [5.74, 6) is -4.94. The Hall–Kier alpha value is -2.44. The Balaban J connectivity index is 1.94. The molecule has 0 radical (unpaired) electrons. The number of halogens is 5. The van der Waals surface area contributed by atoms with Gasteiger partial charge in [-0.25, -0.2) is 26.7 Å². The van der Waals surface area contributed by atoms with Crippen LogP contribution in [0.2, 0.25) is 0 Å². The predicted octanol–water partition coefficient (Wildman–Crippen LogP) is 5.74. The molecule has 2 aromatic rings. The number of esters is 1. The Kier molecular flexibility index (Phi) is 7.96. The molecular weight excluding hydrogens is 379 g/mol. The first kappa shape index (κ1) is 21.9. The lowest BCUT2D eigenvalue weighted by molar-refractivity contribution is 0.0138. The van der Waals surface area contributed by atoms with Gasteiger partial charge in [0.15, 0.2) is 17.5 Å². The molecule has 152 valence electrons. The van der Waals surface area contributed by atoms with Gasteiger partial charge in [0.25, 0.3) is 0 Å². The van der Waals surface area contributed by atoms with Crippen molar-refractivity contribution >= 4 is 5.97 Å². The topological polar surface area (TPSA) is 26.3 Å². The van der Waals surface area contributed by atoms with Gasteiger partial charge in [0.05, 0.1) is 5.56 Å². The number of rotatable bonds is 9. The van der Waals surface area contributed by atoms with Crippen LogP contribution in [-0.2, 0) is 11.2 Å². The molecule has 0 aliphatic carbocycles. The molecule has 0 bridgehead atoms. The molecule has 0 N–H and O–H groups in total. The zero-order valence-corrected chi connectivity index (χ0v) is 15.3. The van der Waals surface area contributed by atoms with Crippen molar-refractivity contribution in [1.82, 2.24) is 0 Å². The smallest absolute Gasteiger partial charge is 0.338 e. The quantitative estimate of drug-likeness (QED) is 0.305. The highest BCUT2D eigenvalue weighted by atomic mass is 19.2. The molecular formula is C21H21F5O2. The maximum atomic E-state index is 14.3. The Morgan fingerprint density at radius 2 is 1.61 bits per heavy atom. The second-order valence-corrected chi connectivity index (χ2v) is 6.65. The summed E-state index contributed by atoms with van der Waals surface area (Å²) >= 11 is 0. The van der Waals surface area contributed by atoms with Crippen LogP contribution < -0.4 is 0 Å². The van der Waals surface area contributed by atoms with Gasteiger partial charge in [0.1, 0.15) is 18.4 Å². The number of benzene rings is 2. The number of carbonyl (C=O) groups is 1. The summed E-state index contributed by atoms with van der Waals surface area (Å²) in [7, 11) is 0. The third kappa shape index (κ3) is 6.62. The number of carbonyl (C=O) groups excluding carboxylic acids is 1. The summed E-state index contributed by atoms with van der Waals surface area (Å²) in [6.45, 7) is 1.28. The average Bonchev–Trinajstić information content (AvgIpc) is 2.64. The lowest BCUT2D eigenvalue weighted by atomic mass is 10.0. The van der Waals surface area contributed by atoms with E-state index in [-0.39, 0.29) is 36.8 Å². The van der Waals surface area contributed by atoms with Crippen molar-refractivity contribution in [2.75, 3.05) is 0 Å². The minimum absolute atomic E-state index is 0.0418. The Morgan fingerprint density at radius 1 is 1.00 bits per heavy atom. The summed E-state index contributed by atoms with van der Waals surface area (Å²) < 4.78 is 72.4. The fraction of sp³-hybridized carbons (Fsp3) is 0.381. The van der Waals surface area contributed by atoms with E-state index < -0.39 is 41.9 Å². The van der Waals surface area contributed by atoms with Crippen LogP contribution in [0.4, 0.5) is 22.0 Å². The van der Waals surface area contributed by atoms with Gasteiger partial charge in [0.2, 0.25) is 0 Å². The molecule has 28 heavy (non-hydrogen) atoms. The van der Waals surface area contributed by atoms with E-state index in [1.165, 1.54) is 19.1 Å². The van der Waals surface area contributed by atoms with E-state index in [0.717, 1.165) is 12.1 Å². The molecule has 2 rings (SSSR count). The third-order valence-corrected chi connectivity index (χ3v) is 4.18. The molecule has 0 amide bonds.